The number of halogens is 1. The Morgan fingerprint density at radius 3 is 2.33 bits per heavy atom. The van der Waals surface area contributed by atoms with Crippen LogP contribution in [0.5, 0.6) is 0 Å². The minimum absolute atomic E-state index is 0.228. The summed E-state index contributed by atoms with van der Waals surface area (Å²) in [4.78, 5) is 35.2. The number of rotatable bonds is 10. The Morgan fingerprint density at radius 1 is 1.17 bits per heavy atom. The maximum atomic E-state index is 11.6. The third-order valence-corrected chi connectivity index (χ3v) is 7.47. The summed E-state index contributed by atoms with van der Waals surface area (Å²) in [5, 5.41) is 0. The van der Waals surface area contributed by atoms with E-state index in [0.29, 0.717) is 6.42 Å². The first-order valence-electron chi connectivity index (χ1n) is 5.79. The summed E-state index contributed by atoms with van der Waals surface area (Å²) >= 11 is 5.87. The Kier molecular flexibility index (Phi) is 9.72. The van der Waals surface area contributed by atoms with Crippen molar-refractivity contribution in [2.24, 2.45) is 0 Å². The van der Waals surface area contributed by atoms with Crippen molar-refractivity contribution >= 4 is 68.5 Å². The summed E-state index contributed by atoms with van der Waals surface area (Å²) in [5.41, 5.74) is 0. The molecule has 0 amide bonds. The van der Waals surface area contributed by atoms with E-state index in [9.17, 15) is 18.6 Å². The molecule has 0 aromatic carbocycles. The number of thiol groups is 1. The van der Waals surface area contributed by atoms with Crippen LogP contribution in [-0.2, 0) is 36.3 Å². The van der Waals surface area contributed by atoms with Gasteiger partial charge in [0.05, 0.1) is 12.7 Å². The van der Waals surface area contributed by atoms with Gasteiger partial charge in [-0.1, -0.05) is 33.4 Å². The number of hydrogen-bond acceptors (Lipinski definition) is 10. The molecular weight excluding hydrogens is 548 g/mol. The molecule has 5 unspecified atom stereocenters. The summed E-state index contributed by atoms with van der Waals surface area (Å²) < 4.78 is 55.6. The number of hydrogen-bond donors (Lipinski definition) is 5. The molecule has 0 bridgehead atoms. The van der Waals surface area contributed by atoms with Gasteiger partial charge in [-0.2, -0.15) is 8.62 Å². The first-order chi connectivity index (χ1) is 10.8. The zero-order chi connectivity index (χ0) is 18.6. The normalized spacial score (nSPS) is 30.0. The van der Waals surface area contributed by atoms with Crippen molar-refractivity contribution in [3.05, 3.63) is 0 Å². The van der Waals surface area contributed by atoms with Crippen molar-refractivity contribution in [2.75, 3.05) is 12.5 Å². The first kappa shape index (κ1) is 23.8. The van der Waals surface area contributed by atoms with Crippen molar-refractivity contribution in [1.29, 1.82) is 0 Å². The molecule has 0 aromatic rings. The lowest BCUT2D eigenvalue weighted by Gasteiger charge is -2.20. The molecule has 4 N–H and O–H groups in total. The number of alkyl halides is 1. The SMILES string of the molecule is O=P(O)(O)OP(=O)(O)OP(=O)(O)OCC1OC(I)CC1OCSS. The fourth-order valence-corrected chi connectivity index (χ4v) is 5.90. The third-order valence-electron chi connectivity index (χ3n) is 2.31. The van der Waals surface area contributed by atoms with E-state index in [2.05, 4.69) is 24.8 Å². The average Bonchev–Trinajstić information content (AvgIpc) is 2.70. The van der Waals surface area contributed by atoms with E-state index in [0.717, 1.165) is 10.8 Å². The zero-order valence-corrected chi connectivity index (χ0v) is 18.0. The Morgan fingerprint density at radius 2 is 1.79 bits per heavy atom. The van der Waals surface area contributed by atoms with Gasteiger partial charge in [0.2, 0.25) is 0 Å². The molecule has 1 heterocycles. The zero-order valence-electron chi connectivity index (χ0n) is 11.5. The minimum atomic E-state index is -5.53. The van der Waals surface area contributed by atoms with Crippen LogP contribution in [0.25, 0.3) is 0 Å². The molecule has 1 saturated heterocycles. The molecule has 144 valence electrons. The van der Waals surface area contributed by atoms with Crippen LogP contribution in [0.1, 0.15) is 6.42 Å². The Bertz CT molecular complexity index is 557. The lowest BCUT2D eigenvalue weighted by molar-refractivity contribution is -0.0207. The predicted octanol–water partition coefficient (Wildman–Crippen LogP) is 1.80. The molecule has 18 heteroatoms. The molecule has 0 aromatic heterocycles. The molecule has 1 aliphatic rings. The van der Waals surface area contributed by atoms with Crippen molar-refractivity contribution in [1.82, 2.24) is 0 Å². The van der Waals surface area contributed by atoms with Gasteiger partial charge in [0.1, 0.15) is 16.2 Å². The molecule has 0 aliphatic carbocycles. The van der Waals surface area contributed by atoms with Gasteiger partial charge in [-0.05, 0) is 0 Å². The lowest BCUT2D eigenvalue weighted by atomic mass is 10.2. The van der Waals surface area contributed by atoms with Crippen molar-refractivity contribution < 1.29 is 55.9 Å². The smallest absolute Gasteiger partial charge is 0.364 e. The standard InChI is InChI=1S/C6H14IO12P3S2/c7-6-1-4(15-3-24-23)5(17-6)2-16-21(11,12)19-22(13,14)18-20(8,9)10/h4-6,23H,1-3H2,(H,11,12)(H,13,14)(H2,8,9,10). The number of ether oxygens (including phenoxy) is 2. The third kappa shape index (κ3) is 9.62. The monoisotopic (exact) mass is 562 g/mol. The molecule has 1 aliphatic heterocycles. The number of phosphoric ester groups is 1. The van der Waals surface area contributed by atoms with Crippen molar-refractivity contribution in [3.8, 4) is 0 Å². The Hall–Kier alpha value is 1.76. The molecule has 1 fully saturated rings. The molecule has 0 spiro atoms. The fourth-order valence-electron chi connectivity index (χ4n) is 1.58. The van der Waals surface area contributed by atoms with Crippen LogP contribution in [0.4, 0.5) is 0 Å². The second-order valence-electron chi connectivity index (χ2n) is 4.16. The highest BCUT2D eigenvalue weighted by Crippen LogP contribution is 2.66. The molecule has 24 heavy (non-hydrogen) atoms. The highest BCUT2D eigenvalue weighted by molar-refractivity contribution is 14.1. The van der Waals surface area contributed by atoms with Gasteiger partial charge in [-0.25, -0.2) is 13.7 Å². The Balaban J connectivity index is 2.59. The topological polar surface area (TPSA) is 178 Å². The second-order valence-corrected chi connectivity index (χ2v) is 11.2. The van der Waals surface area contributed by atoms with Gasteiger partial charge in [0.25, 0.3) is 0 Å². The molecule has 0 saturated carbocycles. The van der Waals surface area contributed by atoms with Crippen LogP contribution in [0.3, 0.4) is 0 Å². The maximum absolute atomic E-state index is 11.6. The van der Waals surface area contributed by atoms with Crippen LogP contribution in [0.2, 0.25) is 0 Å². The highest BCUT2D eigenvalue weighted by atomic mass is 127. The highest BCUT2D eigenvalue weighted by Gasteiger charge is 2.42. The minimum Gasteiger partial charge on any atom is -0.364 e. The van der Waals surface area contributed by atoms with E-state index in [-0.39, 0.29) is 10.0 Å². The summed E-state index contributed by atoms with van der Waals surface area (Å²) in [7, 11) is -15.0. The van der Waals surface area contributed by atoms with Crippen LogP contribution in [-0.4, -0.2) is 48.4 Å². The summed E-state index contributed by atoms with van der Waals surface area (Å²) in [5.74, 6) is 0.228. The van der Waals surface area contributed by atoms with Crippen molar-refractivity contribution in [3.63, 3.8) is 0 Å². The van der Waals surface area contributed by atoms with E-state index < -0.39 is 42.3 Å². The van der Waals surface area contributed by atoms with Gasteiger partial charge in [0.15, 0.2) is 0 Å². The molecule has 0 radical (unpaired) electrons. The van der Waals surface area contributed by atoms with Crippen LogP contribution in [0.15, 0.2) is 0 Å². The molecule has 12 nitrogen and oxygen atoms in total. The van der Waals surface area contributed by atoms with E-state index in [1.54, 1.807) is 0 Å². The average molecular weight is 562 g/mol. The van der Waals surface area contributed by atoms with Crippen LogP contribution in [0, 0.1) is 0 Å². The quantitative estimate of drug-likeness (QED) is 0.0651. The van der Waals surface area contributed by atoms with Crippen molar-refractivity contribution in [2.45, 2.75) is 22.7 Å². The van der Waals surface area contributed by atoms with E-state index >= 15 is 0 Å². The molecule has 5 atom stereocenters. The predicted molar refractivity (Wildman–Crippen MR) is 93.4 cm³/mol. The summed E-state index contributed by atoms with van der Waals surface area (Å²) in [6.45, 7) is -0.537. The summed E-state index contributed by atoms with van der Waals surface area (Å²) in [6, 6.07) is 0. The van der Waals surface area contributed by atoms with E-state index in [1.165, 1.54) is 0 Å². The van der Waals surface area contributed by atoms with E-state index in [4.69, 9.17) is 24.2 Å². The first-order valence-corrected chi connectivity index (χ1v) is 13.6. The molecule has 1 rings (SSSR count). The van der Waals surface area contributed by atoms with Crippen LogP contribution >= 0.6 is 68.5 Å². The Labute approximate surface area is 159 Å². The van der Waals surface area contributed by atoms with Crippen LogP contribution < -0.4 is 0 Å². The molecular formula is C6H14IO12P3S2. The largest absolute Gasteiger partial charge is 0.490 e. The van der Waals surface area contributed by atoms with E-state index in [1.807, 2.05) is 22.6 Å². The van der Waals surface area contributed by atoms with Gasteiger partial charge < -0.3 is 29.0 Å². The van der Waals surface area contributed by atoms with Gasteiger partial charge >= 0.3 is 23.5 Å². The van der Waals surface area contributed by atoms with Gasteiger partial charge in [-0.3, -0.25) is 4.52 Å². The second kappa shape index (κ2) is 9.80. The maximum Gasteiger partial charge on any atom is 0.490 e. The number of phosphoric acid groups is 3. The lowest BCUT2D eigenvalue weighted by Crippen LogP contribution is -2.28. The summed E-state index contributed by atoms with van der Waals surface area (Å²) in [6.07, 6.45) is -0.768. The van der Waals surface area contributed by atoms with Gasteiger partial charge in [-0.15, -0.1) is 11.7 Å². The van der Waals surface area contributed by atoms with Gasteiger partial charge in [0, 0.05) is 6.42 Å². The fraction of sp³-hybridized carbons (Fsp3) is 1.00.